The van der Waals surface area contributed by atoms with Gasteiger partial charge < -0.3 is 10.6 Å². The smallest absolute Gasteiger partial charge is 0.274 e. The highest BCUT2D eigenvalue weighted by atomic mass is 19.2. The first-order valence-electron chi connectivity index (χ1n) is 7.53. The molecule has 0 fully saturated rings. The fraction of sp³-hybridized carbons (Fsp3) is 0.235. The Morgan fingerprint density at radius 2 is 1.75 bits per heavy atom. The summed E-state index contributed by atoms with van der Waals surface area (Å²) < 4.78 is 26.0. The molecule has 0 radical (unpaired) electrons. The second kappa shape index (κ2) is 8.14. The van der Waals surface area contributed by atoms with Gasteiger partial charge in [0.05, 0.1) is 0 Å². The van der Waals surface area contributed by atoms with Crippen LogP contribution in [0.15, 0.2) is 36.4 Å². The van der Waals surface area contributed by atoms with Gasteiger partial charge in [0, 0.05) is 18.3 Å². The lowest BCUT2D eigenvalue weighted by molar-refractivity contribution is 0.0948. The number of hydrogen-bond acceptors (Lipinski definition) is 3. The Labute approximate surface area is 138 Å². The van der Waals surface area contributed by atoms with Crippen molar-refractivity contribution >= 4 is 17.5 Å². The molecule has 1 heterocycles. The van der Waals surface area contributed by atoms with Crippen molar-refractivity contribution in [3.8, 4) is 0 Å². The lowest BCUT2D eigenvalue weighted by Gasteiger charge is -2.07. The summed E-state index contributed by atoms with van der Waals surface area (Å²) in [7, 11) is 0. The summed E-state index contributed by atoms with van der Waals surface area (Å²) >= 11 is 0. The summed E-state index contributed by atoms with van der Waals surface area (Å²) in [6.07, 6.45) is 1.80. The molecule has 0 aliphatic rings. The molecule has 0 bridgehead atoms. The van der Waals surface area contributed by atoms with Crippen LogP contribution in [-0.4, -0.2) is 23.3 Å². The van der Waals surface area contributed by atoms with Crippen LogP contribution >= 0.6 is 0 Å². The lowest BCUT2D eigenvalue weighted by atomic mass is 10.2. The molecular formula is C17H17F2N3O2. The Morgan fingerprint density at radius 3 is 2.42 bits per heavy atom. The van der Waals surface area contributed by atoms with E-state index in [0.717, 1.165) is 25.0 Å². The zero-order valence-electron chi connectivity index (χ0n) is 13.1. The van der Waals surface area contributed by atoms with Crippen molar-refractivity contribution < 1.29 is 18.4 Å². The van der Waals surface area contributed by atoms with Crippen LogP contribution in [0.4, 0.5) is 14.5 Å². The fourth-order valence-corrected chi connectivity index (χ4v) is 1.93. The maximum atomic E-state index is 13.2. The maximum Gasteiger partial charge on any atom is 0.274 e. The molecule has 126 valence electrons. The van der Waals surface area contributed by atoms with Gasteiger partial charge in [-0.15, -0.1) is 0 Å². The van der Waals surface area contributed by atoms with Gasteiger partial charge in [0.15, 0.2) is 11.6 Å². The minimum absolute atomic E-state index is 0.00266. The number of benzene rings is 1. The summed E-state index contributed by atoms with van der Waals surface area (Å²) in [4.78, 5) is 28.1. The number of halogens is 2. The second-order valence-corrected chi connectivity index (χ2v) is 5.10. The predicted octanol–water partition coefficient (Wildman–Crippen LogP) is 3.14. The zero-order chi connectivity index (χ0) is 17.5. The first-order valence-corrected chi connectivity index (χ1v) is 7.53. The van der Waals surface area contributed by atoms with Crippen LogP contribution in [-0.2, 0) is 0 Å². The first-order chi connectivity index (χ1) is 11.5. The topological polar surface area (TPSA) is 71.1 Å². The van der Waals surface area contributed by atoms with Crippen LogP contribution in [0.2, 0.25) is 0 Å². The summed E-state index contributed by atoms with van der Waals surface area (Å²) in [5.41, 5.74) is 0.213. The average Bonchev–Trinajstić information content (AvgIpc) is 2.58. The highest BCUT2D eigenvalue weighted by Gasteiger charge is 2.13. The van der Waals surface area contributed by atoms with Gasteiger partial charge in [-0.25, -0.2) is 13.8 Å². The molecule has 2 N–H and O–H groups in total. The normalized spacial score (nSPS) is 10.3. The molecule has 2 aromatic rings. The second-order valence-electron chi connectivity index (χ2n) is 5.10. The number of nitrogens with one attached hydrogen (secondary N) is 2. The number of rotatable bonds is 6. The molecule has 7 heteroatoms. The third kappa shape index (κ3) is 4.58. The van der Waals surface area contributed by atoms with Crippen molar-refractivity contribution in [2.75, 3.05) is 11.9 Å². The van der Waals surface area contributed by atoms with Crippen LogP contribution in [0.1, 0.15) is 40.7 Å². The molecule has 2 rings (SSSR count). The van der Waals surface area contributed by atoms with Crippen molar-refractivity contribution in [3.63, 3.8) is 0 Å². The third-order valence-electron chi connectivity index (χ3n) is 3.21. The van der Waals surface area contributed by atoms with Gasteiger partial charge in [-0.3, -0.25) is 9.59 Å². The highest BCUT2D eigenvalue weighted by molar-refractivity contribution is 6.03. The molecule has 0 saturated heterocycles. The van der Waals surface area contributed by atoms with E-state index in [1.165, 1.54) is 24.3 Å². The van der Waals surface area contributed by atoms with Crippen LogP contribution < -0.4 is 10.6 Å². The summed E-state index contributed by atoms with van der Waals surface area (Å²) in [6, 6.07) is 7.47. The van der Waals surface area contributed by atoms with Gasteiger partial charge in [-0.05, 0) is 30.7 Å². The number of hydrogen-bond donors (Lipinski definition) is 2. The summed E-state index contributed by atoms with van der Waals surface area (Å²) in [6.45, 7) is 2.54. The largest absolute Gasteiger partial charge is 0.351 e. The number of carbonyl (C=O) groups is 2. The monoisotopic (exact) mass is 333 g/mol. The standard InChI is InChI=1S/C17H17F2N3O2/c1-2-3-9-20-16(23)14-5-4-6-15(22-14)17(24)21-11-7-8-12(18)13(19)10-11/h4-8,10H,2-3,9H2,1H3,(H,20,23)(H,21,24). The van der Waals surface area contributed by atoms with E-state index in [0.29, 0.717) is 6.54 Å². The van der Waals surface area contributed by atoms with Gasteiger partial charge in [-0.1, -0.05) is 19.4 Å². The molecule has 0 aliphatic heterocycles. The zero-order valence-corrected chi connectivity index (χ0v) is 13.1. The van der Waals surface area contributed by atoms with Gasteiger partial charge in [0.2, 0.25) is 0 Å². The third-order valence-corrected chi connectivity index (χ3v) is 3.21. The number of nitrogens with zero attached hydrogens (tertiary/aromatic N) is 1. The van der Waals surface area contributed by atoms with E-state index < -0.39 is 17.5 Å². The summed E-state index contributed by atoms with van der Waals surface area (Å²) in [5.74, 6) is -3.06. The molecule has 1 aromatic heterocycles. The predicted molar refractivity (Wildman–Crippen MR) is 85.8 cm³/mol. The molecule has 0 spiro atoms. The number of anilines is 1. The molecule has 0 unspecified atom stereocenters. The van der Waals surface area contributed by atoms with E-state index in [1.54, 1.807) is 0 Å². The Kier molecular flexibility index (Phi) is 5.95. The van der Waals surface area contributed by atoms with Crippen LogP contribution in [0, 0.1) is 11.6 Å². The summed E-state index contributed by atoms with van der Waals surface area (Å²) in [5, 5.41) is 5.11. The molecule has 5 nitrogen and oxygen atoms in total. The molecule has 0 atom stereocenters. The Balaban J connectivity index is 2.08. The van der Waals surface area contributed by atoms with Crippen LogP contribution in [0.5, 0.6) is 0 Å². The molecular weight excluding hydrogens is 316 g/mol. The van der Waals surface area contributed by atoms with Crippen molar-refractivity contribution in [1.82, 2.24) is 10.3 Å². The molecule has 1 aromatic carbocycles. The van der Waals surface area contributed by atoms with Gasteiger partial charge in [0.25, 0.3) is 11.8 Å². The van der Waals surface area contributed by atoms with Crippen molar-refractivity contribution in [2.45, 2.75) is 19.8 Å². The van der Waals surface area contributed by atoms with E-state index >= 15 is 0 Å². The maximum absolute atomic E-state index is 13.2. The van der Waals surface area contributed by atoms with E-state index in [1.807, 2.05) is 6.92 Å². The van der Waals surface area contributed by atoms with Crippen LogP contribution in [0.25, 0.3) is 0 Å². The number of amides is 2. The molecule has 2 amide bonds. The molecule has 24 heavy (non-hydrogen) atoms. The van der Waals surface area contributed by atoms with E-state index in [2.05, 4.69) is 15.6 Å². The number of unbranched alkanes of at least 4 members (excludes halogenated alkanes) is 1. The SMILES string of the molecule is CCCCNC(=O)c1cccc(C(=O)Nc2ccc(F)c(F)c2)n1. The fourth-order valence-electron chi connectivity index (χ4n) is 1.93. The van der Waals surface area contributed by atoms with E-state index in [9.17, 15) is 18.4 Å². The van der Waals surface area contributed by atoms with Crippen molar-refractivity contribution in [1.29, 1.82) is 0 Å². The number of pyridine rings is 1. The minimum Gasteiger partial charge on any atom is -0.351 e. The molecule has 0 saturated carbocycles. The number of aromatic nitrogens is 1. The average molecular weight is 333 g/mol. The highest BCUT2D eigenvalue weighted by Crippen LogP contribution is 2.14. The van der Waals surface area contributed by atoms with E-state index in [-0.39, 0.29) is 23.0 Å². The Hall–Kier alpha value is -2.83. The van der Waals surface area contributed by atoms with Crippen LogP contribution in [0.3, 0.4) is 0 Å². The Morgan fingerprint density at radius 1 is 1.04 bits per heavy atom. The quantitative estimate of drug-likeness (QED) is 0.798. The van der Waals surface area contributed by atoms with Gasteiger partial charge in [0.1, 0.15) is 11.4 Å². The molecule has 0 aliphatic carbocycles. The lowest BCUT2D eigenvalue weighted by Crippen LogP contribution is -2.26. The Bertz CT molecular complexity index is 750. The first kappa shape index (κ1) is 17.5. The van der Waals surface area contributed by atoms with Gasteiger partial charge >= 0.3 is 0 Å². The van der Waals surface area contributed by atoms with Crippen molar-refractivity contribution in [2.24, 2.45) is 0 Å². The minimum atomic E-state index is -1.06. The van der Waals surface area contributed by atoms with Gasteiger partial charge in [-0.2, -0.15) is 0 Å². The number of carbonyl (C=O) groups excluding carboxylic acids is 2. The van der Waals surface area contributed by atoms with E-state index in [4.69, 9.17) is 0 Å². The van der Waals surface area contributed by atoms with Crippen molar-refractivity contribution in [3.05, 3.63) is 59.4 Å².